The second kappa shape index (κ2) is 15.9. The molecular weight excluding hydrogens is 252 g/mol. The van der Waals surface area contributed by atoms with Crippen molar-refractivity contribution in [2.75, 3.05) is 0 Å². The fraction of sp³-hybridized carbons (Fsp3) is 0. The van der Waals surface area contributed by atoms with Gasteiger partial charge in [-0.1, -0.05) is 0 Å². The van der Waals surface area contributed by atoms with Crippen LogP contribution < -0.4 is 20.4 Å². The van der Waals surface area contributed by atoms with Crippen LogP contribution in [0.25, 0.3) is 0 Å². The van der Waals surface area contributed by atoms with Gasteiger partial charge in [-0.15, -0.1) is 0 Å². The molecule has 0 saturated heterocycles. The molecule has 0 aromatic carbocycles. The molecule has 0 aliphatic carbocycles. The first-order valence-electron chi connectivity index (χ1n) is 2.34. The summed E-state index contributed by atoms with van der Waals surface area (Å²) in [6.07, 6.45) is -1.56. The minimum absolute atomic E-state index is 0. The van der Waals surface area contributed by atoms with Gasteiger partial charge in [0.2, 0.25) is 0 Å². The largest absolute Gasteiger partial charge is 2.00 e. The van der Waals surface area contributed by atoms with E-state index in [9.17, 15) is 19.8 Å². The van der Waals surface area contributed by atoms with Crippen LogP contribution in [0.2, 0.25) is 0 Å². The third-order valence-electron chi connectivity index (χ3n) is 0.355. The summed E-state index contributed by atoms with van der Waals surface area (Å²) in [6, 6.07) is 0. The maximum Gasteiger partial charge on any atom is 2.00 e. The topological polar surface area (TPSA) is 143 Å². The van der Waals surface area contributed by atoms with Gasteiger partial charge in [0.1, 0.15) is 0 Å². The van der Waals surface area contributed by atoms with Gasteiger partial charge < -0.3 is 34.8 Å². The van der Waals surface area contributed by atoms with Gasteiger partial charge >= 0.3 is 75.5 Å². The molecule has 0 radical (unpaired) electrons. The molecule has 0 saturated carbocycles. The molecule has 68 valence electrons. The van der Waals surface area contributed by atoms with Crippen molar-refractivity contribution < 1.29 is 34.8 Å². The standard InChI is InChI=1S/C4H4O4.CH2O3.2Ca/c5-3(6)1-2-4(7)8;2-1(3)4;;/h1-2H,(H,5,6)(H,7,8);(H2,2,3,4);;/q;;2*+2/p-4/b2-1+;;;. The van der Waals surface area contributed by atoms with Gasteiger partial charge in [-0.25, -0.2) is 0 Å². The number of carbonyl (C=O) groups is 3. The van der Waals surface area contributed by atoms with E-state index in [-0.39, 0.29) is 75.5 Å². The van der Waals surface area contributed by atoms with Crippen LogP contribution in [0.3, 0.4) is 0 Å². The predicted octanol–water partition coefficient (Wildman–Crippen LogP) is -6.17. The third-order valence-corrected chi connectivity index (χ3v) is 0.355. The number of rotatable bonds is 2. The third kappa shape index (κ3) is 54.8. The fourth-order valence-corrected chi connectivity index (χ4v) is 0.136. The summed E-state index contributed by atoms with van der Waals surface area (Å²) in [5.41, 5.74) is 0. The van der Waals surface area contributed by atoms with E-state index in [1.165, 1.54) is 0 Å². The molecule has 0 N–H and O–H groups in total. The Balaban J connectivity index is -0.0000000733. The summed E-state index contributed by atoms with van der Waals surface area (Å²) < 4.78 is 0. The molecule has 0 rings (SSSR count). The number of aliphatic carboxylic acids is 2. The smallest absolute Gasteiger partial charge is 0.652 e. The van der Waals surface area contributed by atoms with Crippen molar-refractivity contribution in [1.29, 1.82) is 0 Å². The normalized spacial score (nSPS) is 7.14. The van der Waals surface area contributed by atoms with E-state index in [0.29, 0.717) is 12.2 Å². The van der Waals surface area contributed by atoms with Crippen LogP contribution in [0.1, 0.15) is 0 Å². The van der Waals surface area contributed by atoms with Crippen molar-refractivity contribution in [2.24, 2.45) is 0 Å². The van der Waals surface area contributed by atoms with Crippen molar-refractivity contribution in [3.63, 3.8) is 0 Å². The Morgan fingerprint density at radius 3 is 0.929 bits per heavy atom. The minimum atomic E-state index is -2.33. The van der Waals surface area contributed by atoms with Crippen LogP contribution >= 0.6 is 0 Å². The number of hydrogen-bond donors (Lipinski definition) is 0. The zero-order chi connectivity index (χ0) is 10.1. The summed E-state index contributed by atoms with van der Waals surface area (Å²) in [5, 5.41) is 35.5. The molecule has 7 nitrogen and oxygen atoms in total. The Bertz CT molecular complexity index is 192. The molecule has 0 aromatic heterocycles. The van der Waals surface area contributed by atoms with Gasteiger partial charge in [-0.05, 0) is 18.3 Å². The van der Waals surface area contributed by atoms with E-state index in [4.69, 9.17) is 15.0 Å². The molecule has 0 fully saturated rings. The van der Waals surface area contributed by atoms with Crippen LogP contribution in [-0.4, -0.2) is 93.6 Å². The first-order chi connectivity index (χ1) is 5.36. The van der Waals surface area contributed by atoms with E-state index >= 15 is 0 Å². The maximum atomic E-state index is 9.41. The summed E-state index contributed by atoms with van der Waals surface area (Å²) >= 11 is 0. The van der Waals surface area contributed by atoms with Gasteiger partial charge in [-0.3, -0.25) is 0 Å². The van der Waals surface area contributed by atoms with Crippen LogP contribution in [0.4, 0.5) is 4.79 Å². The molecule has 0 unspecified atom stereocenters. The van der Waals surface area contributed by atoms with E-state index in [0.717, 1.165) is 0 Å². The Morgan fingerprint density at radius 2 is 0.857 bits per heavy atom. The molecule has 0 atom stereocenters. The van der Waals surface area contributed by atoms with Crippen molar-refractivity contribution in [3.8, 4) is 0 Å². The Hall–Kier alpha value is 0.469. The van der Waals surface area contributed by atoms with E-state index in [2.05, 4.69) is 0 Å². The average Bonchev–Trinajstić information content (AvgIpc) is 1.82. The first kappa shape index (κ1) is 23.9. The maximum absolute atomic E-state index is 9.41. The quantitative estimate of drug-likeness (QED) is 0.352. The van der Waals surface area contributed by atoms with Crippen LogP contribution in [0, 0.1) is 0 Å². The fourth-order valence-electron chi connectivity index (χ4n) is 0.136. The van der Waals surface area contributed by atoms with Gasteiger partial charge in [-0.2, -0.15) is 0 Å². The SMILES string of the molecule is O=C([O-])/C=C/C(=O)[O-].O=C([O-])[O-].[Ca+2].[Ca+2]. The number of carboxylic acids is 2. The molecule has 0 aromatic rings. The Labute approximate surface area is 138 Å². The van der Waals surface area contributed by atoms with Crippen LogP contribution in [0.15, 0.2) is 12.2 Å². The Kier molecular flexibility index (Phi) is 27.2. The monoisotopic (exact) mass is 254 g/mol. The second-order valence-electron chi connectivity index (χ2n) is 1.22. The van der Waals surface area contributed by atoms with E-state index < -0.39 is 18.1 Å². The molecule has 0 amide bonds. The summed E-state index contributed by atoms with van der Waals surface area (Å²) in [5.74, 6) is -3.09. The molecule has 0 bridgehead atoms. The molecule has 0 aliphatic rings. The van der Waals surface area contributed by atoms with Crippen molar-refractivity contribution in [3.05, 3.63) is 12.2 Å². The summed E-state index contributed by atoms with van der Waals surface area (Å²) in [4.78, 5) is 27.2. The van der Waals surface area contributed by atoms with Gasteiger partial charge in [0.15, 0.2) is 0 Å². The van der Waals surface area contributed by atoms with Crippen LogP contribution in [0.5, 0.6) is 0 Å². The zero-order valence-corrected chi connectivity index (χ0v) is 11.3. The average molecular weight is 254 g/mol. The van der Waals surface area contributed by atoms with Gasteiger partial charge in [0.25, 0.3) is 0 Å². The van der Waals surface area contributed by atoms with E-state index in [1.807, 2.05) is 0 Å². The summed E-state index contributed by atoms with van der Waals surface area (Å²) in [7, 11) is 0. The zero-order valence-electron chi connectivity index (χ0n) is 6.93. The molecule has 14 heavy (non-hydrogen) atoms. The predicted molar refractivity (Wildman–Crippen MR) is 36.1 cm³/mol. The molecular formula is C5H2Ca2O7. The van der Waals surface area contributed by atoms with Gasteiger partial charge in [0, 0.05) is 0 Å². The molecule has 0 spiro atoms. The van der Waals surface area contributed by atoms with Crippen molar-refractivity contribution in [2.45, 2.75) is 0 Å². The molecule has 0 aliphatic heterocycles. The second-order valence-corrected chi connectivity index (χ2v) is 1.22. The molecule has 9 heteroatoms. The number of hydrogen-bond acceptors (Lipinski definition) is 7. The van der Waals surface area contributed by atoms with Crippen LogP contribution in [-0.2, 0) is 9.59 Å². The van der Waals surface area contributed by atoms with E-state index in [1.54, 1.807) is 0 Å². The number of carboxylic acid groups (broad SMARTS) is 4. The Morgan fingerprint density at radius 1 is 0.714 bits per heavy atom. The van der Waals surface area contributed by atoms with Crippen molar-refractivity contribution >= 4 is 93.6 Å². The minimum Gasteiger partial charge on any atom is -0.652 e. The van der Waals surface area contributed by atoms with Crippen molar-refractivity contribution in [1.82, 2.24) is 0 Å². The molecule has 0 heterocycles. The van der Waals surface area contributed by atoms with Gasteiger partial charge in [0.05, 0.1) is 11.9 Å². The first-order valence-corrected chi connectivity index (χ1v) is 2.34. The summed E-state index contributed by atoms with van der Waals surface area (Å²) in [6.45, 7) is 0. The number of carbonyl (C=O) groups excluding carboxylic acids is 3.